The second-order valence-corrected chi connectivity index (χ2v) is 6.78. The van der Waals surface area contributed by atoms with Crippen LogP contribution in [0.15, 0.2) is 53.7 Å². The molecule has 0 amide bonds. The summed E-state index contributed by atoms with van der Waals surface area (Å²) in [6.45, 7) is 4.07. The van der Waals surface area contributed by atoms with Crippen molar-refractivity contribution in [2.24, 2.45) is 0 Å². The average Bonchev–Trinajstić information content (AvgIpc) is 3.15. The van der Waals surface area contributed by atoms with E-state index in [1.165, 1.54) is 11.8 Å². The Balaban J connectivity index is 1.99. The summed E-state index contributed by atoms with van der Waals surface area (Å²) in [5.41, 5.74) is 2.58. The van der Waals surface area contributed by atoms with Gasteiger partial charge in [-0.25, -0.2) is 0 Å². The van der Waals surface area contributed by atoms with Gasteiger partial charge in [0, 0.05) is 0 Å². The Morgan fingerprint density at radius 3 is 2.70 bits per heavy atom. The molecule has 140 valence electrons. The van der Waals surface area contributed by atoms with Gasteiger partial charge in [-0.3, -0.25) is 4.79 Å². The minimum atomic E-state index is -0.577. The standard InChI is InChI=1S/C19H20N4O3S/c1-4-26-18(24)17(14-8-6-5-7-9-14)27-19-20-21-22-23(19)15-12-13(2)10-11-16(15)25-3/h5-12,17H,4H2,1-3H3/t17-/m1/s1. The molecule has 27 heavy (non-hydrogen) atoms. The molecule has 0 aliphatic heterocycles. The van der Waals surface area contributed by atoms with Gasteiger partial charge in [0.1, 0.15) is 16.7 Å². The zero-order chi connectivity index (χ0) is 19.2. The monoisotopic (exact) mass is 384 g/mol. The smallest absolute Gasteiger partial charge is 0.324 e. The number of aromatic nitrogens is 4. The van der Waals surface area contributed by atoms with Gasteiger partial charge in [-0.2, -0.15) is 4.68 Å². The molecular formula is C19H20N4O3S. The van der Waals surface area contributed by atoms with E-state index in [0.29, 0.717) is 23.2 Å². The van der Waals surface area contributed by atoms with Crippen LogP contribution >= 0.6 is 11.8 Å². The van der Waals surface area contributed by atoms with Crippen LogP contribution in [0.3, 0.4) is 0 Å². The Labute approximate surface area is 161 Å². The maximum absolute atomic E-state index is 12.5. The number of hydrogen-bond donors (Lipinski definition) is 0. The summed E-state index contributed by atoms with van der Waals surface area (Å²) in [4.78, 5) is 12.5. The minimum absolute atomic E-state index is 0.305. The summed E-state index contributed by atoms with van der Waals surface area (Å²) in [7, 11) is 1.59. The molecule has 0 saturated heterocycles. The highest BCUT2D eigenvalue weighted by Crippen LogP contribution is 2.37. The lowest BCUT2D eigenvalue weighted by molar-refractivity contribution is -0.142. The number of nitrogens with zero attached hydrogens (tertiary/aromatic N) is 4. The maximum Gasteiger partial charge on any atom is 0.324 e. The van der Waals surface area contributed by atoms with E-state index < -0.39 is 5.25 Å². The Morgan fingerprint density at radius 2 is 2.00 bits per heavy atom. The van der Waals surface area contributed by atoms with Gasteiger partial charge in [-0.1, -0.05) is 48.2 Å². The molecule has 1 heterocycles. The van der Waals surface area contributed by atoms with E-state index in [4.69, 9.17) is 9.47 Å². The molecule has 0 spiro atoms. The SMILES string of the molecule is CCOC(=O)[C@H](Sc1nnnn1-c1cc(C)ccc1OC)c1ccccc1. The zero-order valence-electron chi connectivity index (χ0n) is 15.3. The highest BCUT2D eigenvalue weighted by atomic mass is 32.2. The Hall–Kier alpha value is -2.87. The van der Waals surface area contributed by atoms with Gasteiger partial charge >= 0.3 is 5.97 Å². The van der Waals surface area contributed by atoms with Crippen LogP contribution in [0.4, 0.5) is 0 Å². The number of benzene rings is 2. The first kappa shape index (κ1) is 18.9. The summed E-state index contributed by atoms with van der Waals surface area (Å²) >= 11 is 1.24. The lowest BCUT2D eigenvalue weighted by Gasteiger charge is -2.16. The van der Waals surface area contributed by atoms with Crippen molar-refractivity contribution < 1.29 is 14.3 Å². The van der Waals surface area contributed by atoms with Gasteiger partial charge in [0.05, 0.1) is 13.7 Å². The number of thioether (sulfide) groups is 1. The number of hydrogen-bond acceptors (Lipinski definition) is 7. The molecule has 0 unspecified atom stereocenters. The van der Waals surface area contributed by atoms with Gasteiger partial charge in [0.25, 0.3) is 0 Å². The molecule has 0 saturated carbocycles. The molecule has 3 rings (SSSR count). The molecule has 0 fully saturated rings. The molecule has 1 atom stereocenters. The second-order valence-electron chi connectivity index (χ2n) is 5.71. The number of methoxy groups -OCH3 is 1. The van der Waals surface area contributed by atoms with E-state index in [9.17, 15) is 4.79 Å². The van der Waals surface area contributed by atoms with Gasteiger partial charge in [-0.15, -0.1) is 5.10 Å². The van der Waals surface area contributed by atoms with Crippen LogP contribution in [0.2, 0.25) is 0 Å². The molecule has 2 aromatic carbocycles. The van der Waals surface area contributed by atoms with E-state index in [0.717, 1.165) is 11.1 Å². The predicted octanol–water partition coefficient (Wildman–Crippen LogP) is 3.38. The van der Waals surface area contributed by atoms with E-state index in [2.05, 4.69) is 15.5 Å². The fourth-order valence-corrected chi connectivity index (χ4v) is 3.56. The van der Waals surface area contributed by atoms with Crippen molar-refractivity contribution >= 4 is 17.7 Å². The topological polar surface area (TPSA) is 79.1 Å². The van der Waals surface area contributed by atoms with Crippen LogP contribution in [-0.4, -0.2) is 39.9 Å². The molecule has 0 radical (unpaired) electrons. The Bertz CT molecular complexity index is 914. The van der Waals surface area contributed by atoms with Crippen molar-refractivity contribution in [1.82, 2.24) is 20.2 Å². The van der Waals surface area contributed by atoms with Gasteiger partial charge in [0.15, 0.2) is 0 Å². The first-order valence-electron chi connectivity index (χ1n) is 8.45. The van der Waals surface area contributed by atoms with Crippen LogP contribution in [0.25, 0.3) is 5.69 Å². The predicted molar refractivity (Wildman–Crippen MR) is 102 cm³/mol. The molecular weight excluding hydrogens is 364 g/mol. The van der Waals surface area contributed by atoms with E-state index in [-0.39, 0.29) is 5.97 Å². The molecule has 0 bridgehead atoms. The van der Waals surface area contributed by atoms with Crippen molar-refractivity contribution in [2.45, 2.75) is 24.3 Å². The molecule has 0 aliphatic rings. The van der Waals surface area contributed by atoms with Crippen LogP contribution in [-0.2, 0) is 9.53 Å². The number of carbonyl (C=O) groups excluding carboxylic acids is 1. The maximum atomic E-state index is 12.5. The van der Waals surface area contributed by atoms with Gasteiger partial charge in [-0.05, 0) is 47.5 Å². The van der Waals surface area contributed by atoms with Crippen LogP contribution in [0.5, 0.6) is 5.75 Å². The molecule has 7 nitrogen and oxygen atoms in total. The molecule has 1 aromatic heterocycles. The molecule has 0 N–H and O–H groups in total. The number of tetrazole rings is 1. The third kappa shape index (κ3) is 4.28. The number of aryl methyl sites for hydroxylation is 1. The Morgan fingerprint density at radius 1 is 1.22 bits per heavy atom. The van der Waals surface area contributed by atoms with Crippen molar-refractivity contribution in [3.63, 3.8) is 0 Å². The molecule has 8 heteroatoms. The number of rotatable bonds is 7. The average molecular weight is 384 g/mol. The lowest BCUT2D eigenvalue weighted by atomic mass is 10.1. The van der Waals surface area contributed by atoms with Crippen LogP contribution in [0, 0.1) is 6.92 Å². The molecule has 0 aliphatic carbocycles. The highest BCUT2D eigenvalue weighted by Gasteiger charge is 2.27. The quantitative estimate of drug-likeness (QED) is 0.456. The molecule has 3 aromatic rings. The highest BCUT2D eigenvalue weighted by molar-refractivity contribution is 8.00. The third-order valence-electron chi connectivity index (χ3n) is 3.83. The van der Waals surface area contributed by atoms with Crippen molar-refractivity contribution in [1.29, 1.82) is 0 Å². The normalized spacial score (nSPS) is 11.8. The van der Waals surface area contributed by atoms with Gasteiger partial charge < -0.3 is 9.47 Å². The lowest BCUT2D eigenvalue weighted by Crippen LogP contribution is -2.14. The Kier molecular flexibility index (Phi) is 6.08. The van der Waals surface area contributed by atoms with Crippen molar-refractivity contribution in [3.05, 3.63) is 59.7 Å². The number of esters is 1. The number of carbonyl (C=O) groups is 1. The van der Waals surface area contributed by atoms with Crippen LogP contribution < -0.4 is 4.74 Å². The first-order valence-corrected chi connectivity index (χ1v) is 9.33. The summed E-state index contributed by atoms with van der Waals surface area (Å²) in [6, 6.07) is 15.2. The van der Waals surface area contributed by atoms with E-state index in [1.54, 1.807) is 18.7 Å². The van der Waals surface area contributed by atoms with Crippen molar-refractivity contribution in [2.75, 3.05) is 13.7 Å². The fourth-order valence-electron chi connectivity index (χ4n) is 2.57. The minimum Gasteiger partial charge on any atom is -0.494 e. The van der Waals surface area contributed by atoms with Crippen LogP contribution in [0.1, 0.15) is 23.3 Å². The first-order chi connectivity index (χ1) is 13.1. The van der Waals surface area contributed by atoms with E-state index in [1.807, 2.05) is 55.5 Å². The van der Waals surface area contributed by atoms with Gasteiger partial charge in [0.2, 0.25) is 5.16 Å². The van der Waals surface area contributed by atoms with Crippen molar-refractivity contribution in [3.8, 4) is 11.4 Å². The van der Waals surface area contributed by atoms with E-state index >= 15 is 0 Å². The third-order valence-corrected chi connectivity index (χ3v) is 5.00. The fraction of sp³-hybridized carbons (Fsp3) is 0.263. The summed E-state index contributed by atoms with van der Waals surface area (Å²) in [6.07, 6.45) is 0. The number of ether oxygens (including phenoxy) is 2. The largest absolute Gasteiger partial charge is 0.494 e. The second kappa shape index (κ2) is 8.68. The summed E-state index contributed by atoms with van der Waals surface area (Å²) < 4.78 is 12.3. The summed E-state index contributed by atoms with van der Waals surface area (Å²) in [5.74, 6) is 0.307. The summed E-state index contributed by atoms with van der Waals surface area (Å²) in [5, 5.41) is 11.9. The zero-order valence-corrected chi connectivity index (χ0v) is 16.1.